The highest BCUT2D eigenvalue weighted by Gasteiger charge is 2.12. The van der Waals surface area contributed by atoms with Crippen LogP contribution in [0, 0.1) is 12.7 Å². The van der Waals surface area contributed by atoms with Gasteiger partial charge in [-0.25, -0.2) is 4.39 Å². The number of aryl methyl sites for hydroxylation is 2. The van der Waals surface area contributed by atoms with Crippen molar-refractivity contribution < 1.29 is 13.7 Å². The van der Waals surface area contributed by atoms with Gasteiger partial charge in [0.15, 0.2) is 0 Å². The summed E-state index contributed by atoms with van der Waals surface area (Å²) in [6.45, 7) is 4.23. The average molecular weight is 320 g/mol. The Morgan fingerprint density at radius 3 is 2.91 bits per heavy atom. The molecule has 0 aliphatic rings. The summed E-state index contributed by atoms with van der Waals surface area (Å²) < 4.78 is 18.4. The van der Waals surface area contributed by atoms with E-state index in [0.29, 0.717) is 35.8 Å². The molecule has 2 aromatic rings. The number of nitrogens with one attached hydrogen (secondary N) is 2. The molecule has 0 bridgehead atoms. The standard InChI is InChI=1S/C16H21FN4O2/c1-10-8-12(4-5-13(10)17)16-20-15(23-21-16)7-6-14(22)19-9-11(2)18-3/h4-5,8,11,18H,6-7,9H2,1-3H3,(H,19,22). The Labute approximate surface area is 134 Å². The molecule has 1 atom stereocenters. The summed E-state index contributed by atoms with van der Waals surface area (Å²) in [5.41, 5.74) is 1.21. The van der Waals surface area contributed by atoms with Crippen molar-refractivity contribution in [2.75, 3.05) is 13.6 Å². The number of benzene rings is 1. The molecule has 2 rings (SSSR count). The number of hydrogen-bond donors (Lipinski definition) is 2. The Morgan fingerprint density at radius 1 is 1.43 bits per heavy atom. The van der Waals surface area contributed by atoms with Gasteiger partial charge in [0.25, 0.3) is 0 Å². The summed E-state index contributed by atoms with van der Waals surface area (Å²) in [4.78, 5) is 16.0. The van der Waals surface area contributed by atoms with Gasteiger partial charge in [0.2, 0.25) is 17.6 Å². The van der Waals surface area contributed by atoms with Crippen LogP contribution in [0.25, 0.3) is 11.4 Å². The summed E-state index contributed by atoms with van der Waals surface area (Å²) in [5.74, 6) is 0.445. The third kappa shape index (κ3) is 4.85. The van der Waals surface area contributed by atoms with E-state index < -0.39 is 0 Å². The first-order valence-corrected chi connectivity index (χ1v) is 7.52. The second kappa shape index (κ2) is 7.82. The fourth-order valence-electron chi connectivity index (χ4n) is 1.94. The molecule has 1 aromatic heterocycles. The first kappa shape index (κ1) is 17.1. The van der Waals surface area contributed by atoms with Crippen molar-refractivity contribution in [2.24, 2.45) is 0 Å². The summed E-state index contributed by atoms with van der Waals surface area (Å²) in [5, 5.41) is 9.74. The van der Waals surface area contributed by atoms with Gasteiger partial charge in [-0.2, -0.15) is 4.98 Å². The van der Waals surface area contributed by atoms with Crippen LogP contribution < -0.4 is 10.6 Å². The normalized spacial score (nSPS) is 12.2. The van der Waals surface area contributed by atoms with Crippen molar-refractivity contribution in [3.05, 3.63) is 35.5 Å². The SMILES string of the molecule is CNC(C)CNC(=O)CCc1nc(-c2ccc(F)c(C)c2)no1. The molecule has 0 fully saturated rings. The minimum Gasteiger partial charge on any atom is -0.355 e. The maximum atomic E-state index is 13.3. The molecule has 1 aromatic carbocycles. The number of amides is 1. The van der Waals surface area contributed by atoms with Crippen molar-refractivity contribution >= 4 is 5.91 Å². The number of carbonyl (C=O) groups excluding carboxylic acids is 1. The molecule has 0 radical (unpaired) electrons. The molecular formula is C16H21FN4O2. The van der Waals surface area contributed by atoms with Gasteiger partial charge >= 0.3 is 0 Å². The molecule has 0 aliphatic heterocycles. The van der Waals surface area contributed by atoms with E-state index in [4.69, 9.17) is 4.52 Å². The third-order valence-corrected chi connectivity index (χ3v) is 3.55. The Hall–Kier alpha value is -2.28. The topological polar surface area (TPSA) is 80.0 Å². The van der Waals surface area contributed by atoms with E-state index in [1.165, 1.54) is 6.07 Å². The van der Waals surface area contributed by atoms with Crippen molar-refractivity contribution in [3.63, 3.8) is 0 Å². The van der Waals surface area contributed by atoms with Gasteiger partial charge in [0.05, 0.1) is 0 Å². The molecule has 0 spiro atoms. The molecule has 1 heterocycles. The summed E-state index contributed by atoms with van der Waals surface area (Å²) in [7, 11) is 1.84. The Kier molecular flexibility index (Phi) is 5.81. The summed E-state index contributed by atoms with van der Waals surface area (Å²) in [6.07, 6.45) is 0.646. The fourth-order valence-corrected chi connectivity index (χ4v) is 1.94. The fraction of sp³-hybridized carbons (Fsp3) is 0.438. The summed E-state index contributed by atoms with van der Waals surface area (Å²) >= 11 is 0. The first-order valence-electron chi connectivity index (χ1n) is 7.52. The minimum absolute atomic E-state index is 0.0653. The van der Waals surface area contributed by atoms with E-state index in [0.717, 1.165) is 0 Å². The number of carbonyl (C=O) groups is 1. The zero-order valence-electron chi connectivity index (χ0n) is 13.5. The molecule has 7 heteroatoms. The maximum Gasteiger partial charge on any atom is 0.227 e. The Balaban J connectivity index is 1.89. The van der Waals surface area contributed by atoms with Crippen LogP contribution in [0.1, 0.15) is 24.8 Å². The molecule has 6 nitrogen and oxygen atoms in total. The maximum absolute atomic E-state index is 13.3. The molecule has 0 saturated heterocycles. The third-order valence-electron chi connectivity index (χ3n) is 3.55. The largest absolute Gasteiger partial charge is 0.355 e. The lowest BCUT2D eigenvalue weighted by atomic mass is 10.1. The monoisotopic (exact) mass is 320 g/mol. The lowest BCUT2D eigenvalue weighted by molar-refractivity contribution is -0.121. The Bertz CT molecular complexity index is 672. The van der Waals surface area contributed by atoms with Crippen LogP contribution in [0.3, 0.4) is 0 Å². The first-order chi connectivity index (χ1) is 11.0. The van der Waals surface area contributed by atoms with Crippen LogP contribution in [-0.4, -0.2) is 35.7 Å². The quantitative estimate of drug-likeness (QED) is 0.814. The van der Waals surface area contributed by atoms with Crippen LogP contribution in [0.15, 0.2) is 22.7 Å². The van der Waals surface area contributed by atoms with Crippen molar-refractivity contribution in [2.45, 2.75) is 32.7 Å². The number of likely N-dealkylation sites (N-methyl/N-ethyl adjacent to an activating group) is 1. The van der Waals surface area contributed by atoms with Gasteiger partial charge in [-0.3, -0.25) is 4.79 Å². The van der Waals surface area contributed by atoms with Gasteiger partial charge in [-0.1, -0.05) is 5.16 Å². The molecule has 1 amide bonds. The Morgan fingerprint density at radius 2 is 2.22 bits per heavy atom. The highest BCUT2D eigenvalue weighted by molar-refractivity contribution is 5.76. The van der Waals surface area contributed by atoms with E-state index in [2.05, 4.69) is 20.8 Å². The van der Waals surface area contributed by atoms with Crippen molar-refractivity contribution in [3.8, 4) is 11.4 Å². The van der Waals surface area contributed by atoms with E-state index in [1.807, 2.05) is 14.0 Å². The highest BCUT2D eigenvalue weighted by atomic mass is 19.1. The number of rotatable bonds is 7. The predicted octanol–water partition coefficient (Wildman–Crippen LogP) is 1.84. The van der Waals surface area contributed by atoms with Gasteiger partial charge in [-0.15, -0.1) is 0 Å². The van der Waals surface area contributed by atoms with E-state index in [1.54, 1.807) is 19.1 Å². The smallest absolute Gasteiger partial charge is 0.227 e. The predicted molar refractivity (Wildman–Crippen MR) is 84.3 cm³/mol. The van der Waals surface area contributed by atoms with Crippen molar-refractivity contribution in [1.29, 1.82) is 0 Å². The van der Waals surface area contributed by atoms with Gasteiger partial charge < -0.3 is 15.2 Å². The molecular weight excluding hydrogens is 299 g/mol. The molecule has 124 valence electrons. The van der Waals surface area contributed by atoms with E-state index in [9.17, 15) is 9.18 Å². The van der Waals surface area contributed by atoms with Crippen LogP contribution >= 0.6 is 0 Å². The lowest BCUT2D eigenvalue weighted by Gasteiger charge is -2.10. The molecule has 23 heavy (non-hydrogen) atoms. The van der Waals surface area contributed by atoms with Crippen LogP contribution in [0.5, 0.6) is 0 Å². The van der Waals surface area contributed by atoms with Crippen LogP contribution in [-0.2, 0) is 11.2 Å². The van der Waals surface area contributed by atoms with E-state index in [-0.39, 0.29) is 24.2 Å². The van der Waals surface area contributed by atoms with Crippen molar-refractivity contribution in [1.82, 2.24) is 20.8 Å². The zero-order valence-corrected chi connectivity index (χ0v) is 13.5. The number of aromatic nitrogens is 2. The minimum atomic E-state index is -0.273. The second-order valence-electron chi connectivity index (χ2n) is 5.47. The van der Waals surface area contributed by atoms with Crippen LogP contribution in [0.2, 0.25) is 0 Å². The number of nitrogens with zero attached hydrogens (tertiary/aromatic N) is 2. The van der Waals surface area contributed by atoms with Crippen LogP contribution in [0.4, 0.5) is 4.39 Å². The van der Waals surface area contributed by atoms with Gasteiger partial charge in [0, 0.05) is 31.0 Å². The number of hydrogen-bond acceptors (Lipinski definition) is 5. The zero-order chi connectivity index (χ0) is 16.8. The summed E-state index contributed by atoms with van der Waals surface area (Å²) in [6, 6.07) is 4.85. The number of halogens is 1. The molecule has 0 saturated carbocycles. The van der Waals surface area contributed by atoms with Gasteiger partial charge in [-0.05, 0) is 44.7 Å². The molecule has 1 unspecified atom stereocenters. The molecule has 0 aliphatic carbocycles. The second-order valence-corrected chi connectivity index (χ2v) is 5.47. The highest BCUT2D eigenvalue weighted by Crippen LogP contribution is 2.19. The lowest BCUT2D eigenvalue weighted by Crippen LogP contribution is -2.37. The van der Waals surface area contributed by atoms with Gasteiger partial charge in [0.1, 0.15) is 5.82 Å². The average Bonchev–Trinajstić information content (AvgIpc) is 3.02. The van der Waals surface area contributed by atoms with E-state index >= 15 is 0 Å². The molecule has 2 N–H and O–H groups in total.